The van der Waals surface area contributed by atoms with E-state index in [2.05, 4.69) is 5.32 Å². The first-order valence-electron chi connectivity index (χ1n) is 9.96. The van der Waals surface area contributed by atoms with Crippen molar-refractivity contribution in [3.05, 3.63) is 70.0 Å². The van der Waals surface area contributed by atoms with E-state index in [4.69, 9.17) is 11.6 Å². The number of nitrogens with one attached hydrogen (secondary N) is 1. The summed E-state index contributed by atoms with van der Waals surface area (Å²) in [7, 11) is 0. The number of thioether (sulfide) groups is 1. The summed E-state index contributed by atoms with van der Waals surface area (Å²) in [5.41, 5.74) is 2.43. The first-order chi connectivity index (χ1) is 14.3. The van der Waals surface area contributed by atoms with Crippen LogP contribution >= 0.6 is 23.4 Å². The Kier molecular flexibility index (Phi) is 9.66. The normalized spacial score (nSPS) is 11.8. The fourth-order valence-electron chi connectivity index (χ4n) is 2.98. The molecule has 0 bridgehead atoms. The van der Waals surface area contributed by atoms with Crippen molar-refractivity contribution in [1.29, 1.82) is 0 Å². The highest BCUT2D eigenvalue weighted by Crippen LogP contribution is 2.24. The van der Waals surface area contributed by atoms with Gasteiger partial charge in [-0.2, -0.15) is 0 Å². The third-order valence-corrected chi connectivity index (χ3v) is 5.98. The van der Waals surface area contributed by atoms with E-state index in [1.54, 1.807) is 24.0 Å². The molecule has 30 heavy (non-hydrogen) atoms. The van der Waals surface area contributed by atoms with Gasteiger partial charge in [0.05, 0.1) is 5.75 Å². The van der Waals surface area contributed by atoms with Crippen molar-refractivity contribution in [1.82, 2.24) is 10.2 Å². The van der Waals surface area contributed by atoms with Gasteiger partial charge in [0.1, 0.15) is 11.9 Å². The standard InChI is InChI=1S/C23H28ClFN2O2S/c1-4-11-26-23(29)17(3)27(13-18-8-5-7-16(2)12-18)22(28)15-30-14-19-20(24)9-6-10-21(19)25/h5-10,12,17H,4,11,13-15H2,1-3H3,(H,26,29)/t17-/m0/s1. The van der Waals surface area contributed by atoms with Gasteiger partial charge in [0.15, 0.2) is 0 Å². The van der Waals surface area contributed by atoms with Gasteiger partial charge in [-0.3, -0.25) is 9.59 Å². The van der Waals surface area contributed by atoms with E-state index in [0.717, 1.165) is 17.5 Å². The van der Waals surface area contributed by atoms with Crippen molar-refractivity contribution in [3.8, 4) is 0 Å². The molecule has 2 amide bonds. The summed E-state index contributed by atoms with van der Waals surface area (Å²) in [4.78, 5) is 27.1. The van der Waals surface area contributed by atoms with Crippen molar-refractivity contribution < 1.29 is 14.0 Å². The predicted octanol–water partition coefficient (Wildman–Crippen LogP) is 4.96. The van der Waals surface area contributed by atoms with Crippen LogP contribution in [0.25, 0.3) is 0 Å². The summed E-state index contributed by atoms with van der Waals surface area (Å²) in [6, 6.07) is 11.8. The lowest BCUT2D eigenvalue weighted by molar-refractivity contribution is -0.138. The summed E-state index contributed by atoms with van der Waals surface area (Å²) < 4.78 is 14.0. The Bertz CT molecular complexity index is 858. The van der Waals surface area contributed by atoms with Gasteiger partial charge in [-0.15, -0.1) is 11.8 Å². The summed E-state index contributed by atoms with van der Waals surface area (Å²) in [5, 5.41) is 3.20. The molecule has 0 radical (unpaired) electrons. The minimum atomic E-state index is -0.609. The molecule has 7 heteroatoms. The van der Waals surface area contributed by atoms with Crippen molar-refractivity contribution in [3.63, 3.8) is 0 Å². The number of hydrogen-bond donors (Lipinski definition) is 1. The van der Waals surface area contributed by atoms with E-state index in [-0.39, 0.29) is 29.1 Å². The molecule has 162 valence electrons. The van der Waals surface area contributed by atoms with Crippen molar-refractivity contribution in [2.45, 2.75) is 45.5 Å². The zero-order valence-electron chi connectivity index (χ0n) is 17.6. The fraction of sp³-hybridized carbons (Fsp3) is 0.391. The van der Waals surface area contributed by atoms with Gasteiger partial charge in [-0.25, -0.2) is 4.39 Å². The molecule has 1 N–H and O–H groups in total. The number of carbonyl (C=O) groups excluding carboxylic acids is 2. The summed E-state index contributed by atoms with van der Waals surface area (Å²) in [6.45, 7) is 6.60. The second kappa shape index (κ2) is 12.0. The molecule has 0 heterocycles. The van der Waals surface area contributed by atoms with E-state index in [1.165, 1.54) is 17.8 Å². The number of hydrogen-bond acceptors (Lipinski definition) is 3. The highest BCUT2D eigenvalue weighted by atomic mass is 35.5. The predicted molar refractivity (Wildman–Crippen MR) is 122 cm³/mol. The molecule has 0 unspecified atom stereocenters. The molecule has 0 fully saturated rings. The molecular weight excluding hydrogens is 423 g/mol. The zero-order chi connectivity index (χ0) is 22.1. The van der Waals surface area contributed by atoms with Gasteiger partial charge >= 0.3 is 0 Å². The highest BCUT2D eigenvalue weighted by Gasteiger charge is 2.26. The number of rotatable bonds is 10. The fourth-order valence-corrected chi connectivity index (χ4v) is 4.23. The van der Waals surface area contributed by atoms with Crippen LogP contribution < -0.4 is 5.32 Å². The number of halogens is 2. The van der Waals surface area contributed by atoms with Gasteiger partial charge in [-0.1, -0.05) is 54.4 Å². The van der Waals surface area contributed by atoms with Crippen molar-refractivity contribution >= 4 is 35.2 Å². The quantitative estimate of drug-likeness (QED) is 0.556. The summed E-state index contributed by atoms with van der Waals surface area (Å²) in [5.74, 6) is -0.326. The van der Waals surface area contributed by atoms with Crippen molar-refractivity contribution in [2.24, 2.45) is 0 Å². The molecule has 0 spiro atoms. The maximum absolute atomic E-state index is 14.0. The highest BCUT2D eigenvalue weighted by molar-refractivity contribution is 7.99. The molecule has 0 aliphatic rings. The molecule has 0 aromatic heterocycles. The molecule has 0 aliphatic heterocycles. The number of amides is 2. The minimum absolute atomic E-state index is 0.127. The summed E-state index contributed by atoms with van der Waals surface area (Å²) >= 11 is 7.35. The van der Waals surface area contributed by atoms with Gasteiger partial charge in [0.25, 0.3) is 0 Å². The Hall–Kier alpha value is -2.05. The lowest BCUT2D eigenvalue weighted by Crippen LogP contribution is -2.48. The molecular formula is C23H28ClFN2O2S. The molecule has 1 atom stereocenters. The Morgan fingerprint density at radius 3 is 2.63 bits per heavy atom. The topological polar surface area (TPSA) is 49.4 Å². The molecule has 2 rings (SSSR count). The third-order valence-electron chi connectivity index (χ3n) is 4.69. The van der Waals surface area contributed by atoms with Crippen LogP contribution in [0.5, 0.6) is 0 Å². The smallest absolute Gasteiger partial charge is 0.242 e. The maximum atomic E-state index is 14.0. The Morgan fingerprint density at radius 2 is 1.97 bits per heavy atom. The SMILES string of the molecule is CCCNC(=O)[C@H](C)N(Cc1cccc(C)c1)C(=O)CSCc1c(F)cccc1Cl. The van der Waals surface area contributed by atoms with E-state index in [0.29, 0.717) is 23.7 Å². The number of nitrogens with zero attached hydrogens (tertiary/aromatic N) is 1. The van der Waals surface area contributed by atoms with Gasteiger partial charge < -0.3 is 10.2 Å². The average Bonchev–Trinajstić information content (AvgIpc) is 2.71. The molecule has 4 nitrogen and oxygen atoms in total. The molecule has 2 aromatic rings. The second-order valence-corrected chi connectivity index (χ2v) is 8.56. The monoisotopic (exact) mass is 450 g/mol. The van der Waals surface area contributed by atoms with Crippen LogP contribution in [0, 0.1) is 12.7 Å². The van der Waals surface area contributed by atoms with Gasteiger partial charge in [-0.05, 0) is 38.0 Å². The Labute approximate surface area is 187 Å². The van der Waals surface area contributed by atoms with Crippen LogP contribution in [0.3, 0.4) is 0 Å². The number of benzene rings is 2. The first-order valence-corrected chi connectivity index (χ1v) is 11.5. The van der Waals surface area contributed by atoms with E-state index < -0.39 is 6.04 Å². The van der Waals surface area contributed by atoms with Gasteiger partial charge in [0, 0.05) is 29.4 Å². The van der Waals surface area contributed by atoms with E-state index >= 15 is 0 Å². The molecule has 2 aromatic carbocycles. The van der Waals surface area contributed by atoms with Crippen LogP contribution in [0.4, 0.5) is 4.39 Å². The van der Waals surface area contributed by atoms with Crippen LogP contribution in [0.1, 0.15) is 37.0 Å². The Morgan fingerprint density at radius 1 is 1.23 bits per heavy atom. The second-order valence-electron chi connectivity index (χ2n) is 7.17. The van der Waals surface area contributed by atoms with Gasteiger partial charge in [0.2, 0.25) is 11.8 Å². The van der Waals surface area contributed by atoms with Crippen LogP contribution in [-0.4, -0.2) is 35.1 Å². The van der Waals surface area contributed by atoms with E-state index in [9.17, 15) is 14.0 Å². The first kappa shape index (κ1) is 24.2. The van der Waals surface area contributed by atoms with E-state index in [1.807, 2.05) is 38.1 Å². The maximum Gasteiger partial charge on any atom is 0.242 e. The van der Waals surface area contributed by atoms with Crippen LogP contribution in [-0.2, 0) is 21.9 Å². The lowest BCUT2D eigenvalue weighted by atomic mass is 10.1. The minimum Gasteiger partial charge on any atom is -0.354 e. The van der Waals surface area contributed by atoms with Crippen LogP contribution in [0.2, 0.25) is 5.02 Å². The van der Waals surface area contributed by atoms with Crippen molar-refractivity contribution in [2.75, 3.05) is 12.3 Å². The largest absolute Gasteiger partial charge is 0.354 e. The molecule has 0 saturated carbocycles. The van der Waals surface area contributed by atoms with Crippen LogP contribution in [0.15, 0.2) is 42.5 Å². The Balaban J connectivity index is 2.09. The molecule has 0 aliphatic carbocycles. The number of carbonyl (C=O) groups is 2. The third kappa shape index (κ3) is 7.03. The zero-order valence-corrected chi connectivity index (χ0v) is 19.2. The molecule has 0 saturated heterocycles. The lowest BCUT2D eigenvalue weighted by Gasteiger charge is -2.29. The number of aryl methyl sites for hydroxylation is 1. The summed E-state index contributed by atoms with van der Waals surface area (Å²) in [6.07, 6.45) is 0.823. The average molecular weight is 451 g/mol.